The van der Waals surface area contributed by atoms with Gasteiger partial charge in [-0.2, -0.15) is 0 Å². The first-order valence-corrected chi connectivity index (χ1v) is 7.31. The van der Waals surface area contributed by atoms with E-state index in [0.717, 1.165) is 17.1 Å². The van der Waals surface area contributed by atoms with Crippen molar-refractivity contribution in [3.05, 3.63) is 47.5 Å². The Morgan fingerprint density at radius 2 is 1.59 bits per heavy atom. The topological polar surface area (TPSA) is 42.5 Å². The summed E-state index contributed by atoms with van der Waals surface area (Å²) in [5, 5.41) is 6.83. The molecular weight excluding hydrogens is 296 g/mol. The smallest absolute Gasteiger partial charge is 0.175 e. The minimum Gasteiger partial charge on any atom is -0.497 e. The summed E-state index contributed by atoms with van der Waals surface area (Å²) in [6.07, 6.45) is 0. The molecule has 0 radical (unpaired) electrons. The molecule has 0 unspecified atom stereocenters. The monoisotopic (exact) mass is 316 g/mol. The molecule has 0 saturated carbocycles. The van der Waals surface area contributed by atoms with Crippen LogP contribution in [0.3, 0.4) is 0 Å². The van der Waals surface area contributed by atoms with Gasteiger partial charge in [0.15, 0.2) is 5.11 Å². The maximum atomic E-state index is 5.36. The molecule has 0 heterocycles. The standard InChI is InChI=1S/C17H20N2O2S/c1-11-7-12(2)9-13(8-11)18-17(22)19-15-6-5-14(20-3)10-16(15)21-4/h5-10H,1-4H3,(H2,18,19,22). The molecule has 4 nitrogen and oxygen atoms in total. The highest BCUT2D eigenvalue weighted by atomic mass is 32.1. The summed E-state index contributed by atoms with van der Waals surface area (Å²) in [4.78, 5) is 0. The van der Waals surface area contributed by atoms with Gasteiger partial charge in [-0.15, -0.1) is 0 Å². The Morgan fingerprint density at radius 1 is 0.909 bits per heavy atom. The highest BCUT2D eigenvalue weighted by molar-refractivity contribution is 7.80. The summed E-state index contributed by atoms with van der Waals surface area (Å²) >= 11 is 5.36. The van der Waals surface area contributed by atoms with Crippen LogP contribution < -0.4 is 20.1 Å². The summed E-state index contributed by atoms with van der Waals surface area (Å²) in [5.41, 5.74) is 4.12. The van der Waals surface area contributed by atoms with Crippen molar-refractivity contribution in [2.45, 2.75) is 13.8 Å². The molecule has 116 valence electrons. The van der Waals surface area contributed by atoms with Crippen LogP contribution >= 0.6 is 12.2 Å². The molecule has 5 heteroatoms. The fourth-order valence-electron chi connectivity index (χ4n) is 2.23. The molecule has 0 aliphatic carbocycles. The second kappa shape index (κ2) is 7.13. The zero-order valence-electron chi connectivity index (χ0n) is 13.2. The fraction of sp³-hybridized carbons (Fsp3) is 0.235. The Hall–Kier alpha value is -2.27. The summed E-state index contributed by atoms with van der Waals surface area (Å²) in [6.45, 7) is 4.11. The van der Waals surface area contributed by atoms with Crippen molar-refractivity contribution in [1.82, 2.24) is 0 Å². The number of aryl methyl sites for hydroxylation is 2. The van der Waals surface area contributed by atoms with E-state index < -0.39 is 0 Å². The van der Waals surface area contributed by atoms with Gasteiger partial charge < -0.3 is 20.1 Å². The second-order valence-corrected chi connectivity index (χ2v) is 5.43. The first kappa shape index (κ1) is 16.1. The minimum absolute atomic E-state index is 0.508. The Balaban J connectivity index is 2.11. The van der Waals surface area contributed by atoms with E-state index in [9.17, 15) is 0 Å². The van der Waals surface area contributed by atoms with Crippen LogP contribution in [0.25, 0.3) is 0 Å². The van der Waals surface area contributed by atoms with Gasteiger partial charge in [-0.05, 0) is 61.5 Å². The average Bonchev–Trinajstić information content (AvgIpc) is 2.46. The number of ether oxygens (including phenoxy) is 2. The lowest BCUT2D eigenvalue weighted by Crippen LogP contribution is -2.19. The van der Waals surface area contributed by atoms with Crippen LogP contribution in [0.15, 0.2) is 36.4 Å². The summed E-state index contributed by atoms with van der Waals surface area (Å²) in [5.74, 6) is 1.40. The lowest BCUT2D eigenvalue weighted by Gasteiger charge is -2.15. The van der Waals surface area contributed by atoms with Gasteiger partial charge in [-0.25, -0.2) is 0 Å². The molecule has 0 saturated heterocycles. The normalized spacial score (nSPS) is 10.0. The number of thiocarbonyl (C=S) groups is 1. The van der Waals surface area contributed by atoms with Crippen LogP contribution in [0.2, 0.25) is 0 Å². The van der Waals surface area contributed by atoms with Crippen molar-refractivity contribution >= 4 is 28.7 Å². The van der Waals surface area contributed by atoms with E-state index in [1.807, 2.05) is 30.3 Å². The van der Waals surface area contributed by atoms with Crippen molar-refractivity contribution in [1.29, 1.82) is 0 Å². The van der Waals surface area contributed by atoms with E-state index in [1.54, 1.807) is 14.2 Å². The fourth-order valence-corrected chi connectivity index (χ4v) is 2.46. The van der Waals surface area contributed by atoms with Gasteiger partial charge in [-0.3, -0.25) is 0 Å². The van der Waals surface area contributed by atoms with Gasteiger partial charge in [0.1, 0.15) is 11.5 Å². The van der Waals surface area contributed by atoms with Crippen LogP contribution in [0.5, 0.6) is 11.5 Å². The van der Waals surface area contributed by atoms with E-state index in [4.69, 9.17) is 21.7 Å². The average molecular weight is 316 g/mol. The molecular formula is C17H20N2O2S. The summed E-state index contributed by atoms with van der Waals surface area (Å²) in [6, 6.07) is 11.7. The van der Waals surface area contributed by atoms with Gasteiger partial charge in [0.05, 0.1) is 19.9 Å². The van der Waals surface area contributed by atoms with Crippen molar-refractivity contribution in [3.8, 4) is 11.5 Å². The molecule has 0 aliphatic heterocycles. The number of hydrogen-bond acceptors (Lipinski definition) is 3. The number of benzene rings is 2. The molecule has 2 N–H and O–H groups in total. The quantitative estimate of drug-likeness (QED) is 0.830. The predicted octanol–water partition coefficient (Wildman–Crippen LogP) is 4.13. The van der Waals surface area contributed by atoms with Crippen molar-refractivity contribution < 1.29 is 9.47 Å². The zero-order valence-corrected chi connectivity index (χ0v) is 14.0. The van der Waals surface area contributed by atoms with E-state index in [-0.39, 0.29) is 0 Å². The largest absolute Gasteiger partial charge is 0.497 e. The molecule has 0 spiro atoms. The van der Waals surface area contributed by atoms with Gasteiger partial charge in [-0.1, -0.05) is 6.07 Å². The molecule has 0 atom stereocenters. The predicted molar refractivity (Wildman–Crippen MR) is 95.3 cm³/mol. The number of hydrogen-bond donors (Lipinski definition) is 2. The van der Waals surface area contributed by atoms with Crippen LogP contribution in [0.1, 0.15) is 11.1 Å². The third-order valence-corrected chi connectivity index (χ3v) is 3.34. The summed E-state index contributed by atoms with van der Waals surface area (Å²) < 4.78 is 10.5. The van der Waals surface area contributed by atoms with E-state index in [2.05, 4.69) is 30.5 Å². The second-order valence-electron chi connectivity index (χ2n) is 5.02. The molecule has 2 aromatic carbocycles. The highest BCUT2D eigenvalue weighted by Crippen LogP contribution is 2.29. The Labute approximate surface area is 136 Å². The number of anilines is 2. The van der Waals surface area contributed by atoms with Gasteiger partial charge in [0.25, 0.3) is 0 Å². The number of rotatable bonds is 4. The SMILES string of the molecule is COc1ccc(NC(=S)Nc2cc(C)cc(C)c2)c(OC)c1. The van der Waals surface area contributed by atoms with Gasteiger partial charge in [0.2, 0.25) is 0 Å². The van der Waals surface area contributed by atoms with E-state index in [0.29, 0.717) is 10.9 Å². The Kier molecular flexibility index (Phi) is 5.22. The lowest BCUT2D eigenvalue weighted by molar-refractivity contribution is 0.395. The third kappa shape index (κ3) is 4.11. The third-order valence-electron chi connectivity index (χ3n) is 3.14. The van der Waals surface area contributed by atoms with Crippen LogP contribution in [-0.2, 0) is 0 Å². The van der Waals surface area contributed by atoms with Gasteiger partial charge in [0, 0.05) is 11.8 Å². The van der Waals surface area contributed by atoms with E-state index in [1.165, 1.54) is 11.1 Å². The molecule has 0 amide bonds. The number of methoxy groups -OCH3 is 2. The molecule has 2 rings (SSSR count). The van der Waals surface area contributed by atoms with E-state index >= 15 is 0 Å². The maximum Gasteiger partial charge on any atom is 0.175 e. The first-order valence-electron chi connectivity index (χ1n) is 6.90. The molecule has 0 aromatic heterocycles. The highest BCUT2D eigenvalue weighted by Gasteiger charge is 2.07. The van der Waals surface area contributed by atoms with Crippen LogP contribution in [0, 0.1) is 13.8 Å². The number of nitrogens with one attached hydrogen (secondary N) is 2. The molecule has 2 aromatic rings. The van der Waals surface area contributed by atoms with Crippen molar-refractivity contribution in [2.24, 2.45) is 0 Å². The Bertz CT molecular complexity index is 666. The lowest BCUT2D eigenvalue weighted by atomic mass is 10.1. The van der Waals surface area contributed by atoms with Crippen LogP contribution in [-0.4, -0.2) is 19.3 Å². The van der Waals surface area contributed by atoms with Crippen LogP contribution in [0.4, 0.5) is 11.4 Å². The minimum atomic E-state index is 0.508. The van der Waals surface area contributed by atoms with Crippen molar-refractivity contribution in [3.63, 3.8) is 0 Å². The molecule has 0 fully saturated rings. The maximum absolute atomic E-state index is 5.36. The first-order chi connectivity index (χ1) is 10.5. The molecule has 0 aliphatic rings. The summed E-state index contributed by atoms with van der Waals surface area (Å²) in [7, 11) is 3.23. The van der Waals surface area contributed by atoms with Gasteiger partial charge >= 0.3 is 0 Å². The molecule has 22 heavy (non-hydrogen) atoms. The molecule has 0 bridgehead atoms. The zero-order chi connectivity index (χ0) is 16.1. The Morgan fingerprint density at radius 3 is 2.18 bits per heavy atom. The van der Waals surface area contributed by atoms with Crippen molar-refractivity contribution in [2.75, 3.05) is 24.9 Å².